The number of aryl methyl sites for hydroxylation is 1. The Morgan fingerprint density at radius 3 is 1.93 bits per heavy atom. The normalized spacial score (nSPS) is 13.0. The lowest BCUT2D eigenvalue weighted by molar-refractivity contribution is 0.546. The Bertz CT molecular complexity index is 2330. The first-order valence-corrected chi connectivity index (χ1v) is 14.8. The zero-order valence-corrected chi connectivity index (χ0v) is 23.7. The zero-order valence-electron chi connectivity index (χ0n) is 23.7. The van der Waals surface area contributed by atoms with Crippen LogP contribution in [0.4, 0.5) is 0 Å². The molecular formula is C39H25N3O2. The lowest BCUT2D eigenvalue weighted by Crippen LogP contribution is -2.06. The average Bonchev–Trinajstić information content (AvgIpc) is 3.67. The Kier molecular flexibility index (Phi) is 5.56. The third-order valence-electron chi connectivity index (χ3n) is 8.41. The molecule has 3 heterocycles. The fourth-order valence-corrected chi connectivity index (χ4v) is 6.34. The third kappa shape index (κ3) is 3.97. The molecule has 0 saturated carbocycles. The number of para-hydroxylation sites is 2. The number of allylic oxidation sites excluding steroid dienone is 1. The number of furan rings is 2. The maximum atomic E-state index is 6.69. The van der Waals surface area contributed by atoms with Gasteiger partial charge in [0.1, 0.15) is 22.5 Å². The van der Waals surface area contributed by atoms with E-state index in [1.807, 2.05) is 78.9 Å². The van der Waals surface area contributed by atoms with Gasteiger partial charge in [-0.25, -0.2) is 15.0 Å². The van der Waals surface area contributed by atoms with Gasteiger partial charge in [-0.15, -0.1) is 0 Å². The molecular weight excluding hydrogens is 542 g/mol. The van der Waals surface area contributed by atoms with E-state index >= 15 is 0 Å². The summed E-state index contributed by atoms with van der Waals surface area (Å²) in [6, 6.07) is 41.1. The van der Waals surface area contributed by atoms with Crippen molar-refractivity contribution < 1.29 is 8.83 Å². The Balaban J connectivity index is 1.21. The molecule has 5 aromatic carbocycles. The second-order valence-electron chi connectivity index (χ2n) is 11.1. The Morgan fingerprint density at radius 1 is 0.500 bits per heavy atom. The molecule has 0 aliphatic heterocycles. The molecule has 1 aliphatic carbocycles. The first-order valence-electron chi connectivity index (χ1n) is 14.8. The standard InChI is InChI=1S/C39H25N3O2/c1-3-11-24(12-4-1)37-40-38(25-13-5-2-6-14-25)42-39(41-37)31-18-10-20-33-35(31)30-17-9-16-27(36(30)44-33)26-21-22-29-28-15-7-8-19-32(28)43-34(29)23-26/h1-9,11-19,21-23H,10,20H2. The van der Waals surface area contributed by atoms with Crippen LogP contribution in [-0.4, -0.2) is 15.0 Å². The summed E-state index contributed by atoms with van der Waals surface area (Å²) in [5, 5.41) is 3.28. The minimum absolute atomic E-state index is 0.648. The van der Waals surface area contributed by atoms with Gasteiger partial charge in [0, 0.05) is 50.4 Å². The minimum atomic E-state index is 0.648. The predicted octanol–water partition coefficient (Wildman–Crippen LogP) is 9.90. The van der Waals surface area contributed by atoms with Gasteiger partial charge in [-0.2, -0.15) is 0 Å². The largest absolute Gasteiger partial charge is 0.460 e. The molecule has 0 saturated heterocycles. The number of hydrogen-bond acceptors (Lipinski definition) is 5. The third-order valence-corrected chi connectivity index (χ3v) is 8.41. The maximum Gasteiger partial charge on any atom is 0.164 e. The monoisotopic (exact) mass is 567 g/mol. The summed E-state index contributed by atoms with van der Waals surface area (Å²) in [4.78, 5) is 14.9. The first kappa shape index (κ1) is 24.8. The highest BCUT2D eigenvalue weighted by Crippen LogP contribution is 2.43. The molecule has 0 radical (unpaired) electrons. The lowest BCUT2D eigenvalue weighted by atomic mass is 9.92. The molecule has 0 bridgehead atoms. The first-order chi connectivity index (χ1) is 21.8. The number of rotatable bonds is 4. The van der Waals surface area contributed by atoms with Crippen molar-refractivity contribution in [2.45, 2.75) is 12.8 Å². The van der Waals surface area contributed by atoms with E-state index in [1.165, 1.54) is 0 Å². The number of aromatic nitrogens is 3. The highest BCUT2D eigenvalue weighted by atomic mass is 16.3. The summed E-state index contributed by atoms with van der Waals surface area (Å²) in [5.41, 5.74) is 8.64. The van der Waals surface area contributed by atoms with Gasteiger partial charge in [0.2, 0.25) is 0 Å². The number of nitrogens with zero attached hydrogens (tertiary/aromatic N) is 3. The van der Waals surface area contributed by atoms with Crippen molar-refractivity contribution in [1.82, 2.24) is 15.0 Å². The Morgan fingerprint density at radius 2 is 1.16 bits per heavy atom. The van der Waals surface area contributed by atoms with Gasteiger partial charge < -0.3 is 8.83 Å². The van der Waals surface area contributed by atoms with Gasteiger partial charge in [-0.3, -0.25) is 0 Å². The Labute approximate surface area is 253 Å². The van der Waals surface area contributed by atoms with E-state index in [4.69, 9.17) is 23.8 Å². The lowest BCUT2D eigenvalue weighted by Gasteiger charge is -2.14. The summed E-state index contributed by atoms with van der Waals surface area (Å²) in [5.74, 6) is 2.90. The molecule has 44 heavy (non-hydrogen) atoms. The second kappa shape index (κ2) is 9.89. The molecule has 9 rings (SSSR count). The van der Waals surface area contributed by atoms with E-state index in [9.17, 15) is 0 Å². The molecule has 5 nitrogen and oxygen atoms in total. The van der Waals surface area contributed by atoms with Gasteiger partial charge >= 0.3 is 0 Å². The van der Waals surface area contributed by atoms with Crippen LogP contribution in [0.3, 0.4) is 0 Å². The van der Waals surface area contributed by atoms with Crippen LogP contribution in [0, 0.1) is 0 Å². The number of hydrogen-bond donors (Lipinski definition) is 0. The van der Waals surface area contributed by atoms with Crippen LogP contribution < -0.4 is 0 Å². The van der Waals surface area contributed by atoms with Crippen molar-refractivity contribution in [3.63, 3.8) is 0 Å². The van der Waals surface area contributed by atoms with Crippen molar-refractivity contribution in [2.75, 3.05) is 0 Å². The van der Waals surface area contributed by atoms with Crippen LogP contribution in [0.25, 0.3) is 72.4 Å². The van der Waals surface area contributed by atoms with Gasteiger partial charge in [0.15, 0.2) is 17.5 Å². The van der Waals surface area contributed by atoms with Crippen LogP contribution >= 0.6 is 0 Å². The highest BCUT2D eigenvalue weighted by molar-refractivity contribution is 6.07. The van der Waals surface area contributed by atoms with Gasteiger partial charge in [-0.05, 0) is 30.2 Å². The molecule has 0 fully saturated rings. The van der Waals surface area contributed by atoms with Crippen LogP contribution in [-0.2, 0) is 6.42 Å². The molecule has 1 aliphatic rings. The average molecular weight is 568 g/mol. The van der Waals surface area contributed by atoms with Crippen LogP contribution in [0.5, 0.6) is 0 Å². The number of benzene rings is 5. The molecule has 0 N–H and O–H groups in total. The van der Waals surface area contributed by atoms with E-state index in [-0.39, 0.29) is 0 Å². The summed E-state index contributed by atoms with van der Waals surface area (Å²) in [6.45, 7) is 0. The molecule has 5 heteroatoms. The van der Waals surface area contributed by atoms with E-state index in [0.717, 1.165) is 84.9 Å². The molecule has 0 unspecified atom stereocenters. The fourth-order valence-electron chi connectivity index (χ4n) is 6.34. The van der Waals surface area contributed by atoms with Crippen molar-refractivity contribution in [3.05, 3.63) is 145 Å². The van der Waals surface area contributed by atoms with E-state index in [0.29, 0.717) is 17.5 Å². The summed E-state index contributed by atoms with van der Waals surface area (Å²) in [7, 11) is 0. The van der Waals surface area contributed by atoms with Gasteiger partial charge in [0.05, 0.1) is 0 Å². The van der Waals surface area contributed by atoms with Crippen molar-refractivity contribution >= 4 is 38.5 Å². The van der Waals surface area contributed by atoms with Crippen LogP contribution in [0.15, 0.2) is 136 Å². The van der Waals surface area contributed by atoms with Crippen molar-refractivity contribution in [1.29, 1.82) is 0 Å². The smallest absolute Gasteiger partial charge is 0.164 e. The molecule has 8 aromatic rings. The molecule has 0 spiro atoms. The second-order valence-corrected chi connectivity index (χ2v) is 11.1. The van der Waals surface area contributed by atoms with Gasteiger partial charge in [0.25, 0.3) is 0 Å². The summed E-state index contributed by atoms with van der Waals surface area (Å²) >= 11 is 0. The van der Waals surface area contributed by atoms with Gasteiger partial charge in [-0.1, -0.05) is 109 Å². The van der Waals surface area contributed by atoms with Crippen LogP contribution in [0.2, 0.25) is 0 Å². The quantitative estimate of drug-likeness (QED) is 0.212. The van der Waals surface area contributed by atoms with E-state index in [1.54, 1.807) is 0 Å². The molecule has 0 amide bonds. The topological polar surface area (TPSA) is 65.0 Å². The number of fused-ring (bicyclic) bond motifs is 6. The van der Waals surface area contributed by atoms with Crippen LogP contribution in [0.1, 0.15) is 23.6 Å². The molecule has 0 atom stereocenters. The fraction of sp³-hybridized carbons (Fsp3) is 0.0513. The minimum Gasteiger partial charge on any atom is -0.460 e. The van der Waals surface area contributed by atoms with Crippen molar-refractivity contribution in [3.8, 4) is 33.9 Å². The summed E-state index contributed by atoms with van der Waals surface area (Å²) < 4.78 is 12.9. The predicted molar refractivity (Wildman–Crippen MR) is 175 cm³/mol. The van der Waals surface area contributed by atoms with E-state index in [2.05, 4.69) is 48.5 Å². The SMILES string of the molecule is C1=C(c2nc(-c3ccccc3)nc(-c3ccccc3)n2)c2c(oc3c(-c4ccc5c(c4)oc4ccccc45)cccc23)CC1. The maximum absolute atomic E-state index is 6.69. The molecule has 208 valence electrons. The summed E-state index contributed by atoms with van der Waals surface area (Å²) in [6.07, 6.45) is 3.90. The van der Waals surface area contributed by atoms with Crippen molar-refractivity contribution in [2.24, 2.45) is 0 Å². The zero-order chi connectivity index (χ0) is 29.0. The highest BCUT2D eigenvalue weighted by Gasteiger charge is 2.26. The molecule has 3 aromatic heterocycles. The van der Waals surface area contributed by atoms with E-state index < -0.39 is 0 Å². The Hall–Kier alpha value is -5.81.